The first-order chi connectivity index (χ1) is 67.7. The molecule has 1 aliphatic rings. The second-order valence-corrected chi connectivity index (χ2v) is 38.6. The Morgan fingerprint density at radius 3 is 1.28 bits per heavy atom. The van der Waals surface area contributed by atoms with Gasteiger partial charge in [0.25, 0.3) is 23.6 Å². The highest BCUT2D eigenvalue weighted by Gasteiger charge is 2.28. The fourth-order valence-electron chi connectivity index (χ4n) is 15.0. The molecular weight excluding hydrogens is 1890 g/mol. The maximum atomic E-state index is 15.1. The first kappa shape index (κ1) is 104. The van der Waals surface area contributed by atoms with Gasteiger partial charge in [0.1, 0.15) is 63.7 Å². The predicted molar refractivity (Wildman–Crippen MR) is 529 cm³/mol. The van der Waals surface area contributed by atoms with Crippen LogP contribution >= 0.6 is 11.6 Å². The summed E-state index contributed by atoms with van der Waals surface area (Å²) in [6, 6.07) is 42.7. The number of aromatic nitrogens is 12. The van der Waals surface area contributed by atoms with Gasteiger partial charge in [0.2, 0.25) is 0 Å². The number of pyridine rings is 2. The van der Waals surface area contributed by atoms with Gasteiger partial charge in [-0.1, -0.05) is 90.5 Å². The van der Waals surface area contributed by atoms with E-state index in [4.69, 9.17) is 39.3 Å². The smallest absolute Gasteiger partial charge is 0.254 e. The predicted octanol–water partition coefficient (Wildman–Crippen LogP) is 15.8. The Hall–Kier alpha value is -15.4. The van der Waals surface area contributed by atoms with Gasteiger partial charge >= 0.3 is 0 Å². The van der Waals surface area contributed by atoms with Gasteiger partial charge in [-0.05, 0) is 191 Å². The molecule has 0 saturated carbocycles. The molecule has 16 rings (SSSR count). The number of anilines is 4. The lowest BCUT2D eigenvalue weighted by molar-refractivity contribution is 0.0844. The number of rotatable bonds is 28. The molecule has 15 aromatic rings. The molecule has 15 N–H and O–H groups in total. The zero-order valence-corrected chi connectivity index (χ0v) is 80.5. The molecule has 32 nitrogen and oxygen atoms in total. The Bertz CT molecular complexity index is 7380. The van der Waals surface area contributed by atoms with Crippen molar-refractivity contribution in [1.29, 1.82) is 0 Å². The maximum absolute atomic E-state index is 15.1. The number of benzene rings is 8. The van der Waals surface area contributed by atoms with Gasteiger partial charge in [-0.25, -0.2) is 68.7 Å². The van der Waals surface area contributed by atoms with Crippen LogP contribution in [0.1, 0.15) is 166 Å². The summed E-state index contributed by atoms with van der Waals surface area (Å²) in [5, 5.41) is 52.7. The van der Waals surface area contributed by atoms with Crippen molar-refractivity contribution >= 4 is 78.2 Å². The Morgan fingerprint density at radius 2 is 0.831 bits per heavy atom. The number of amides is 4. The summed E-state index contributed by atoms with van der Waals surface area (Å²) >= 11 is 6.00. The summed E-state index contributed by atoms with van der Waals surface area (Å²) < 4.78 is 132. The van der Waals surface area contributed by atoms with Crippen LogP contribution in [-0.2, 0) is 31.0 Å². The summed E-state index contributed by atoms with van der Waals surface area (Å²) in [6.45, 7) is 12.0. The molecule has 1 aliphatic heterocycles. The molecule has 7 aromatic heterocycles. The fraction of sp³-hybridized carbons (Fsp3) is 0.225. The molecule has 8 aromatic carbocycles. The minimum absolute atomic E-state index is 0.0331. The topological polar surface area (TPSA) is 489 Å². The van der Waals surface area contributed by atoms with E-state index in [1.165, 1.54) is 109 Å². The van der Waals surface area contributed by atoms with Gasteiger partial charge in [-0.3, -0.25) is 33.2 Å². The number of nitrogens with one attached hydrogen (secondary N) is 4. The first-order valence-corrected chi connectivity index (χ1v) is 48.7. The van der Waals surface area contributed by atoms with Crippen molar-refractivity contribution in [2.45, 2.75) is 113 Å². The lowest BCUT2D eigenvalue weighted by Gasteiger charge is -2.22. The summed E-state index contributed by atoms with van der Waals surface area (Å²) in [5.74, 6) is -5.44. The Balaban J connectivity index is 0.000000159. The average Bonchev–Trinajstić information content (AvgIpc) is 1.37. The van der Waals surface area contributed by atoms with Gasteiger partial charge in [-0.15, -0.1) is 0 Å². The van der Waals surface area contributed by atoms with Crippen molar-refractivity contribution < 1.29 is 78.0 Å². The van der Waals surface area contributed by atoms with E-state index in [1.807, 2.05) is 75.6 Å². The van der Waals surface area contributed by atoms with E-state index in [9.17, 15) is 68.9 Å². The van der Waals surface area contributed by atoms with E-state index in [1.54, 1.807) is 115 Å². The zero-order chi connectivity index (χ0) is 102. The average molecular weight is 1990 g/mol. The van der Waals surface area contributed by atoms with Crippen LogP contribution in [0.3, 0.4) is 0 Å². The standard InChI is InChI=1S/C27H28FN5O4S.C26H25F2N5O2.C25H25FN6O2.C24H24ClFN4O4S/c1-16(2)33-14-20(13-31-33)19-10-23(26(29)30-12-19)17-7-8-22(24(28)11-17)27(35)32-25(15-34)18-5-4-6-21(9-18)38(3,36)37;1-15(2)33-13-19(12-31-33)18-9-22(25(29)30-11-18)16-6-7-21(23(28)10-16)26(35)32-24(14-34)17-4-3-5-20(27)8-17;1-15(2)32-13-18(11-29-32)21-12-28-24(27)23(30-21)17-8-9-19(20(26)10-17)25(34)31-22(14-33)16-6-4-3-5-7-16;1-35(32,33)18-9-14(8-17(25)11-18)12-29-24(31)19-3-2-16(10-20(19)26)22-23(27)28-13-21(30-22)15-4-6-34-7-5-15/h4-14,16,25,34H,15H2,1-3H3,(H2,29,30)(H,32,35);3-13,15,24,34H,14H2,1-2H3,(H2,29,30)(H,32,35);3-13,15,22,33H,14H2,1-2H3,(H2,27,28)(H,31,34);2-3,8-11,13,15H,4-7,12H2,1H3,(H2,27,28)(H,29,31)/t25-;24-;22-;/m111./s1. The van der Waals surface area contributed by atoms with Gasteiger partial charge < -0.3 is 64.3 Å². The third kappa shape index (κ3) is 26.0. The van der Waals surface area contributed by atoms with Crippen LogP contribution < -0.4 is 44.2 Å². The quantitative estimate of drug-likeness (QED) is 0.0203. The van der Waals surface area contributed by atoms with E-state index in [-0.39, 0.29) is 97.5 Å². The van der Waals surface area contributed by atoms with Crippen molar-refractivity contribution in [3.63, 3.8) is 0 Å². The first-order valence-electron chi connectivity index (χ1n) is 44.5. The van der Waals surface area contributed by atoms with Crippen molar-refractivity contribution in [2.75, 3.05) is 68.5 Å². The zero-order valence-electron chi connectivity index (χ0n) is 78.1. The lowest BCUT2D eigenvalue weighted by atomic mass is 9.96. The highest BCUT2D eigenvalue weighted by molar-refractivity contribution is 7.91. The number of carbonyl (C=O) groups is 4. The molecule has 40 heteroatoms. The highest BCUT2D eigenvalue weighted by atomic mass is 35.5. The molecule has 142 heavy (non-hydrogen) atoms. The van der Waals surface area contributed by atoms with Gasteiger partial charge in [0.05, 0.1) is 112 Å². The molecule has 736 valence electrons. The summed E-state index contributed by atoms with van der Waals surface area (Å²) in [5.41, 5.74) is 34.0. The van der Waals surface area contributed by atoms with Crippen LogP contribution in [0.5, 0.6) is 0 Å². The number of hydrogen-bond acceptors (Lipinski definition) is 25. The number of aliphatic hydroxyl groups is 3. The lowest BCUT2D eigenvalue weighted by Crippen LogP contribution is -2.31. The number of nitrogen functional groups attached to an aromatic ring is 4. The number of nitrogens with two attached hydrogens (primary N) is 4. The molecule has 1 saturated heterocycles. The second kappa shape index (κ2) is 46.1. The van der Waals surface area contributed by atoms with Crippen LogP contribution in [0.15, 0.2) is 254 Å². The highest BCUT2D eigenvalue weighted by Crippen LogP contribution is 2.37. The Kier molecular flexibility index (Phi) is 33.8. The molecular formula is C102H102ClF5N20O12S2. The monoisotopic (exact) mass is 1990 g/mol. The number of carbonyl (C=O) groups excluding carboxylic acids is 4. The molecule has 0 spiro atoms. The van der Waals surface area contributed by atoms with Crippen LogP contribution in [0.4, 0.5) is 45.2 Å². The molecule has 0 radical (unpaired) electrons. The van der Waals surface area contributed by atoms with E-state index in [0.717, 1.165) is 64.4 Å². The minimum atomic E-state index is -3.49. The fourth-order valence-corrected chi connectivity index (χ4v) is 16.7. The summed E-state index contributed by atoms with van der Waals surface area (Å²) in [7, 11) is -6.96. The van der Waals surface area contributed by atoms with Crippen molar-refractivity contribution in [3.05, 3.63) is 328 Å². The SMILES string of the molecule is CC(C)n1cc(-c2cnc(N)c(-c3ccc(C(=O)N[C@H](CO)c4cccc(F)c4)c(F)c3)c2)cn1.CC(C)n1cc(-c2cnc(N)c(-c3ccc(C(=O)N[C@H](CO)c4cccc(S(C)(=O)=O)c4)c(F)c3)c2)cn1.CC(C)n1cc(-c2cnc(N)c(-c3ccc(C(=O)N[C@H](CO)c4ccccc4)c(F)c3)n2)cn1.CS(=O)(=O)c1cc(Cl)cc(CNC(=O)c2ccc(-c3nc(C4CCOCC4)cnc3N)cc2F)c1. The van der Waals surface area contributed by atoms with Crippen molar-refractivity contribution in [1.82, 2.24) is 80.5 Å². The Morgan fingerprint density at radius 1 is 0.423 bits per heavy atom. The molecule has 0 unspecified atom stereocenters. The van der Waals surface area contributed by atoms with E-state index in [2.05, 4.69) is 66.5 Å². The van der Waals surface area contributed by atoms with Crippen LogP contribution in [-0.4, -0.2) is 161 Å². The normalized spacial score (nSPS) is 12.8. The van der Waals surface area contributed by atoms with Crippen LogP contribution in [0.25, 0.3) is 78.3 Å². The number of nitrogens with zero attached hydrogens (tertiary/aromatic N) is 12. The number of hydrogen-bond donors (Lipinski definition) is 11. The van der Waals surface area contributed by atoms with Crippen LogP contribution in [0, 0.1) is 29.1 Å². The minimum Gasteiger partial charge on any atom is -0.394 e. The molecule has 0 aliphatic carbocycles. The third-order valence-corrected chi connectivity index (χ3v) is 25.3. The van der Waals surface area contributed by atoms with Crippen molar-refractivity contribution in [2.24, 2.45) is 0 Å². The molecule has 0 bridgehead atoms. The van der Waals surface area contributed by atoms with Gasteiger partial charge in [0, 0.05) is 142 Å². The second-order valence-electron chi connectivity index (χ2n) is 34.1. The summed E-state index contributed by atoms with van der Waals surface area (Å²) in [6.07, 6.45) is 20.9. The van der Waals surface area contributed by atoms with Crippen LogP contribution in [0.2, 0.25) is 5.02 Å². The maximum Gasteiger partial charge on any atom is 0.254 e. The molecule has 8 heterocycles. The largest absolute Gasteiger partial charge is 0.394 e. The number of ether oxygens (including phenoxy) is 1. The molecule has 3 atom stereocenters. The number of sulfone groups is 2. The third-order valence-electron chi connectivity index (χ3n) is 22.9. The summed E-state index contributed by atoms with van der Waals surface area (Å²) in [4.78, 5) is 77.1. The molecule has 1 fully saturated rings. The molecule has 4 amide bonds. The number of halogens is 6. The van der Waals surface area contributed by atoms with E-state index >= 15 is 4.39 Å². The Labute approximate surface area is 819 Å². The van der Waals surface area contributed by atoms with E-state index in [0.29, 0.717) is 80.4 Å². The van der Waals surface area contributed by atoms with Crippen molar-refractivity contribution in [3.8, 4) is 78.3 Å². The van der Waals surface area contributed by atoms with Gasteiger partial charge in [-0.2, -0.15) is 15.3 Å². The number of aliphatic hydroxyl groups excluding tert-OH is 3. The van der Waals surface area contributed by atoms with Gasteiger partial charge in [0.15, 0.2) is 19.7 Å². The van der Waals surface area contributed by atoms with E-state index < -0.39 is 104 Å².